The van der Waals surface area contributed by atoms with Gasteiger partial charge in [-0.15, -0.1) is 0 Å². The Bertz CT molecular complexity index is 456. The maximum atomic E-state index is 11.9. The lowest BCUT2D eigenvalue weighted by molar-refractivity contribution is 0.0696. The second kappa shape index (κ2) is 5.17. The fourth-order valence-corrected chi connectivity index (χ4v) is 2.46. The predicted octanol–water partition coefficient (Wildman–Crippen LogP) is 2.44. The van der Waals surface area contributed by atoms with E-state index in [1.54, 1.807) is 10.8 Å². The quantitative estimate of drug-likeness (QED) is 0.801. The molecule has 1 aliphatic rings. The monoisotopic (exact) mass is 235 g/mol. The van der Waals surface area contributed by atoms with Crippen molar-refractivity contribution in [2.75, 3.05) is 0 Å². The third-order valence-electron chi connectivity index (χ3n) is 3.41. The van der Waals surface area contributed by atoms with Gasteiger partial charge in [-0.05, 0) is 18.9 Å². The molecule has 4 nitrogen and oxygen atoms in total. The summed E-state index contributed by atoms with van der Waals surface area (Å²) in [5.41, 5.74) is -0.128. The van der Waals surface area contributed by atoms with Crippen molar-refractivity contribution < 1.29 is 9.90 Å². The van der Waals surface area contributed by atoms with E-state index in [-0.39, 0.29) is 17.2 Å². The Hall–Kier alpha value is -1.58. The number of hydrogen-bond acceptors (Lipinski definition) is 2. The molecule has 4 heteroatoms. The molecule has 1 fully saturated rings. The van der Waals surface area contributed by atoms with E-state index in [1.165, 1.54) is 25.0 Å². The second-order valence-electron chi connectivity index (χ2n) is 4.61. The lowest BCUT2D eigenvalue weighted by Gasteiger charge is -2.17. The van der Waals surface area contributed by atoms with Crippen molar-refractivity contribution in [3.63, 3.8) is 0 Å². The number of carboxylic acid groups (broad SMARTS) is 1. The molecule has 0 saturated heterocycles. The zero-order valence-electron chi connectivity index (χ0n) is 9.76. The summed E-state index contributed by atoms with van der Waals surface area (Å²) in [7, 11) is 0. The number of aromatic carboxylic acids is 1. The van der Waals surface area contributed by atoms with Gasteiger partial charge in [-0.3, -0.25) is 4.79 Å². The van der Waals surface area contributed by atoms with Gasteiger partial charge in [0, 0.05) is 18.3 Å². The van der Waals surface area contributed by atoms with E-state index in [9.17, 15) is 9.59 Å². The zero-order chi connectivity index (χ0) is 12.3. The summed E-state index contributed by atoms with van der Waals surface area (Å²) in [5.74, 6) is -1.05. The number of rotatable bonds is 2. The average Bonchev–Trinajstić information content (AvgIpc) is 2.57. The van der Waals surface area contributed by atoms with Gasteiger partial charge in [0.25, 0.3) is 5.56 Å². The van der Waals surface area contributed by atoms with Crippen LogP contribution in [0.2, 0.25) is 0 Å². The summed E-state index contributed by atoms with van der Waals surface area (Å²) in [6.07, 6.45) is 8.44. The summed E-state index contributed by atoms with van der Waals surface area (Å²) in [4.78, 5) is 22.6. The van der Waals surface area contributed by atoms with Crippen molar-refractivity contribution in [2.24, 2.45) is 0 Å². The van der Waals surface area contributed by atoms with E-state index in [2.05, 4.69) is 0 Å². The number of pyridine rings is 1. The molecule has 0 amide bonds. The van der Waals surface area contributed by atoms with Gasteiger partial charge >= 0.3 is 5.97 Å². The van der Waals surface area contributed by atoms with Crippen LogP contribution in [0.5, 0.6) is 0 Å². The highest BCUT2D eigenvalue weighted by molar-refractivity contribution is 5.87. The Labute approximate surface area is 99.9 Å². The Morgan fingerprint density at radius 1 is 1.24 bits per heavy atom. The molecular weight excluding hydrogens is 218 g/mol. The third-order valence-corrected chi connectivity index (χ3v) is 3.41. The minimum absolute atomic E-state index is 0.0693. The molecule has 1 aliphatic carbocycles. The SMILES string of the molecule is O=C(O)c1ccn(C2CCCCCC2)c(=O)c1. The summed E-state index contributed by atoms with van der Waals surface area (Å²) < 4.78 is 1.69. The highest BCUT2D eigenvalue weighted by Crippen LogP contribution is 2.25. The highest BCUT2D eigenvalue weighted by atomic mass is 16.4. The van der Waals surface area contributed by atoms with E-state index < -0.39 is 5.97 Å². The minimum Gasteiger partial charge on any atom is -0.478 e. The van der Waals surface area contributed by atoms with Crippen LogP contribution in [0.4, 0.5) is 0 Å². The van der Waals surface area contributed by atoms with E-state index in [4.69, 9.17) is 5.11 Å². The van der Waals surface area contributed by atoms with Crippen molar-refractivity contribution in [1.82, 2.24) is 4.57 Å². The largest absolute Gasteiger partial charge is 0.478 e. The minimum atomic E-state index is -1.05. The Morgan fingerprint density at radius 3 is 2.41 bits per heavy atom. The van der Waals surface area contributed by atoms with Crippen molar-refractivity contribution in [1.29, 1.82) is 0 Å². The lowest BCUT2D eigenvalue weighted by Crippen LogP contribution is -2.24. The number of aromatic nitrogens is 1. The molecule has 0 radical (unpaired) electrons. The van der Waals surface area contributed by atoms with Gasteiger partial charge in [-0.25, -0.2) is 4.79 Å². The van der Waals surface area contributed by atoms with E-state index >= 15 is 0 Å². The van der Waals surface area contributed by atoms with Crippen molar-refractivity contribution in [2.45, 2.75) is 44.6 Å². The van der Waals surface area contributed by atoms with Gasteiger partial charge in [0.05, 0.1) is 5.56 Å². The van der Waals surface area contributed by atoms with Crippen molar-refractivity contribution in [3.05, 3.63) is 34.2 Å². The van der Waals surface area contributed by atoms with Gasteiger partial charge < -0.3 is 9.67 Å². The molecule has 0 aliphatic heterocycles. The molecule has 92 valence electrons. The fourth-order valence-electron chi connectivity index (χ4n) is 2.46. The lowest BCUT2D eigenvalue weighted by atomic mass is 10.1. The zero-order valence-corrected chi connectivity index (χ0v) is 9.76. The Morgan fingerprint density at radius 2 is 1.88 bits per heavy atom. The molecule has 0 atom stereocenters. The topological polar surface area (TPSA) is 59.3 Å². The van der Waals surface area contributed by atoms with Crippen LogP contribution in [0.25, 0.3) is 0 Å². The fraction of sp³-hybridized carbons (Fsp3) is 0.538. The van der Waals surface area contributed by atoms with Crippen molar-refractivity contribution in [3.8, 4) is 0 Å². The number of carbonyl (C=O) groups is 1. The van der Waals surface area contributed by atoms with Gasteiger partial charge in [0.15, 0.2) is 0 Å². The molecule has 1 saturated carbocycles. The first-order valence-electron chi connectivity index (χ1n) is 6.14. The maximum absolute atomic E-state index is 11.9. The highest BCUT2D eigenvalue weighted by Gasteiger charge is 2.15. The summed E-state index contributed by atoms with van der Waals surface area (Å²) in [6.45, 7) is 0. The smallest absolute Gasteiger partial charge is 0.335 e. The molecule has 1 aromatic rings. The summed E-state index contributed by atoms with van der Waals surface area (Å²) in [5, 5.41) is 8.81. The standard InChI is InChI=1S/C13H17NO3/c15-12-9-10(13(16)17)7-8-14(12)11-5-3-1-2-4-6-11/h7-9,11H,1-6H2,(H,16,17). The van der Waals surface area contributed by atoms with E-state index in [1.807, 2.05) is 0 Å². The van der Waals surface area contributed by atoms with Crippen LogP contribution in [-0.4, -0.2) is 15.6 Å². The number of hydrogen-bond donors (Lipinski definition) is 1. The second-order valence-corrected chi connectivity index (χ2v) is 4.61. The van der Waals surface area contributed by atoms with Crippen LogP contribution in [0.1, 0.15) is 54.9 Å². The van der Waals surface area contributed by atoms with Crippen molar-refractivity contribution >= 4 is 5.97 Å². The average molecular weight is 235 g/mol. The molecule has 1 aromatic heterocycles. The third kappa shape index (κ3) is 2.75. The van der Waals surface area contributed by atoms with Crippen LogP contribution in [0, 0.1) is 0 Å². The van der Waals surface area contributed by atoms with Crippen LogP contribution in [-0.2, 0) is 0 Å². The molecule has 0 bridgehead atoms. The predicted molar refractivity (Wildman–Crippen MR) is 64.4 cm³/mol. The molecular formula is C13H17NO3. The van der Waals surface area contributed by atoms with Crippen LogP contribution in [0.3, 0.4) is 0 Å². The molecule has 0 unspecified atom stereocenters. The molecule has 0 spiro atoms. The number of nitrogens with zero attached hydrogens (tertiary/aromatic N) is 1. The maximum Gasteiger partial charge on any atom is 0.335 e. The molecule has 17 heavy (non-hydrogen) atoms. The van der Waals surface area contributed by atoms with Crippen LogP contribution in [0.15, 0.2) is 23.1 Å². The van der Waals surface area contributed by atoms with Gasteiger partial charge in [-0.2, -0.15) is 0 Å². The number of carboxylic acids is 1. The normalized spacial score (nSPS) is 17.6. The summed E-state index contributed by atoms with van der Waals surface area (Å²) >= 11 is 0. The Balaban J connectivity index is 2.26. The molecule has 2 rings (SSSR count). The summed E-state index contributed by atoms with van der Waals surface area (Å²) in [6, 6.07) is 2.97. The molecule has 1 N–H and O–H groups in total. The first kappa shape index (κ1) is 11.9. The van der Waals surface area contributed by atoms with E-state index in [0.29, 0.717) is 0 Å². The Kier molecular flexibility index (Phi) is 3.61. The van der Waals surface area contributed by atoms with Gasteiger partial charge in [-0.1, -0.05) is 25.7 Å². The van der Waals surface area contributed by atoms with E-state index in [0.717, 1.165) is 25.7 Å². The van der Waals surface area contributed by atoms with Crippen LogP contribution >= 0.6 is 0 Å². The first-order valence-corrected chi connectivity index (χ1v) is 6.14. The van der Waals surface area contributed by atoms with Gasteiger partial charge in [0.2, 0.25) is 0 Å². The van der Waals surface area contributed by atoms with Gasteiger partial charge in [0.1, 0.15) is 0 Å². The van der Waals surface area contributed by atoms with Crippen LogP contribution < -0.4 is 5.56 Å². The molecule has 0 aromatic carbocycles. The molecule has 1 heterocycles. The first-order chi connectivity index (χ1) is 8.18.